The van der Waals surface area contributed by atoms with Crippen molar-refractivity contribution in [2.45, 2.75) is 24.4 Å². The van der Waals surface area contributed by atoms with Gasteiger partial charge in [0, 0.05) is 13.0 Å². The number of hydrogen-bond acceptors (Lipinski definition) is 5. The second kappa shape index (κ2) is 3.58. The summed E-state index contributed by atoms with van der Waals surface area (Å²) in [5.74, 6) is -1.27. The first-order valence-electron chi connectivity index (χ1n) is 6.16. The van der Waals surface area contributed by atoms with Crippen molar-refractivity contribution in [2.24, 2.45) is 10.7 Å². The molecule has 4 rings (SSSR count). The van der Waals surface area contributed by atoms with Gasteiger partial charge in [0.25, 0.3) is 11.7 Å². The number of carbonyl (C=O) groups is 1. The number of piperidine rings is 1. The maximum Gasteiger partial charge on any atom is 0.274 e. The molecule has 1 fully saturated rings. The molecular weight excluding hydrogens is 394 g/mol. The summed E-state index contributed by atoms with van der Waals surface area (Å²) < 4.78 is 3.10. The minimum Gasteiger partial charge on any atom is -0.370 e. The highest BCUT2D eigenvalue weighted by Gasteiger charge is 2.68. The van der Waals surface area contributed by atoms with Crippen LogP contribution in [0, 0.1) is 0 Å². The molecule has 106 valence electrons. The van der Waals surface area contributed by atoms with Gasteiger partial charge >= 0.3 is 0 Å². The molecule has 2 atom stereocenters. The summed E-state index contributed by atoms with van der Waals surface area (Å²) in [7, 11) is 0. The van der Waals surface area contributed by atoms with Crippen molar-refractivity contribution in [1.82, 2.24) is 14.8 Å². The Morgan fingerprint density at radius 1 is 1.50 bits per heavy atom. The summed E-state index contributed by atoms with van der Waals surface area (Å²) in [6.45, 7) is 0.533. The molecule has 9 heteroatoms. The summed E-state index contributed by atoms with van der Waals surface area (Å²) in [6, 6.07) is 1.73. The van der Waals surface area contributed by atoms with Gasteiger partial charge < -0.3 is 16.2 Å². The van der Waals surface area contributed by atoms with E-state index in [0.29, 0.717) is 29.7 Å². The first-order valence-corrected chi connectivity index (χ1v) is 7.74. The van der Waals surface area contributed by atoms with Crippen molar-refractivity contribution in [2.75, 3.05) is 6.54 Å². The number of hydrogen-bond donors (Lipinski definition) is 3. The Labute approximate surface area is 131 Å². The van der Waals surface area contributed by atoms with Gasteiger partial charge in [0.2, 0.25) is 5.72 Å². The zero-order chi connectivity index (χ0) is 14.3. The van der Waals surface area contributed by atoms with E-state index < -0.39 is 11.5 Å². The highest BCUT2D eigenvalue weighted by molar-refractivity contribution is 9.13. The van der Waals surface area contributed by atoms with E-state index >= 15 is 0 Å². The van der Waals surface area contributed by atoms with E-state index in [1.54, 1.807) is 15.5 Å². The third-order valence-corrected chi connectivity index (χ3v) is 6.05. The molecule has 1 aromatic rings. The molecule has 4 N–H and O–H groups in total. The molecule has 4 heterocycles. The van der Waals surface area contributed by atoms with Gasteiger partial charge in [-0.2, -0.15) is 4.99 Å². The average Bonchev–Trinajstić information content (AvgIpc) is 2.90. The van der Waals surface area contributed by atoms with Gasteiger partial charge in [0.1, 0.15) is 10.3 Å². The van der Waals surface area contributed by atoms with Crippen LogP contribution in [0.4, 0.5) is 0 Å². The number of rotatable bonds is 0. The van der Waals surface area contributed by atoms with Crippen LogP contribution in [0.1, 0.15) is 23.3 Å². The number of halogens is 2. The summed E-state index contributed by atoms with van der Waals surface area (Å²) in [5, 5.41) is 13.8. The van der Waals surface area contributed by atoms with Crippen molar-refractivity contribution >= 4 is 43.7 Å². The number of amides is 1. The minimum atomic E-state index is -1.39. The number of nitrogens with zero attached hydrogens (tertiary/aromatic N) is 3. The molecule has 0 aliphatic carbocycles. The number of aliphatic hydroxyl groups is 1. The maximum absolute atomic E-state index is 12.6. The fourth-order valence-electron chi connectivity index (χ4n) is 3.40. The number of fused-ring (bicyclic) bond motifs is 1. The van der Waals surface area contributed by atoms with Gasteiger partial charge in [-0.1, -0.05) is 0 Å². The van der Waals surface area contributed by atoms with Crippen molar-refractivity contribution in [3.63, 3.8) is 0 Å². The highest BCUT2D eigenvalue weighted by Crippen LogP contribution is 2.51. The SMILES string of the molecule is NC1=N[C@@]23N(CCC[C@]2(O)N1)C(=O)c1cc(Br)c(Br)n13. The van der Waals surface area contributed by atoms with Gasteiger partial charge in [-0.15, -0.1) is 0 Å². The predicted molar refractivity (Wildman–Crippen MR) is 77.8 cm³/mol. The Morgan fingerprint density at radius 3 is 3.00 bits per heavy atom. The molecule has 1 spiro atoms. The summed E-state index contributed by atoms with van der Waals surface area (Å²) in [5.41, 5.74) is 4.88. The van der Waals surface area contributed by atoms with Crippen LogP contribution in [0.3, 0.4) is 0 Å². The van der Waals surface area contributed by atoms with E-state index in [9.17, 15) is 9.90 Å². The minimum absolute atomic E-state index is 0.136. The molecule has 0 radical (unpaired) electrons. The largest absolute Gasteiger partial charge is 0.370 e. The fraction of sp³-hybridized carbons (Fsp3) is 0.455. The molecule has 0 saturated carbocycles. The molecule has 1 amide bonds. The van der Waals surface area contributed by atoms with Crippen molar-refractivity contribution in [3.05, 3.63) is 20.8 Å². The van der Waals surface area contributed by atoms with Crippen LogP contribution in [0.15, 0.2) is 20.1 Å². The Kier molecular flexibility index (Phi) is 2.26. The van der Waals surface area contributed by atoms with Gasteiger partial charge in [0.05, 0.1) is 4.47 Å². The third kappa shape index (κ3) is 1.16. The van der Waals surface area contributed by atoms with E-state index in [1.165, 1.54) is 0 Å². The lowest BCUT2D eigenvalue weighted by Crippen LogP contribution is -2.67. The molecule has 3 aliphatic rings. The first-order chi connectivity index (χ1) is 9.41. The standard InChI is InChI=1S/C11H11Br2N5O2/c12-5-4-6-8(19)17-3-1-2-10(20)11(17,16-9(14)15-10)18(6)7(5)13/h4,20H,1-3H2,(H3,14,15,16)/t10-,11-/m1/s1. The number of carbonyl (C=O) groups excluding carboxylic acids is 1. The van der Waals surface area contributed by atoms with E-state index in [-0.39, 0.29) is 11.9 Å². The Balaban J connectivity index is 2.08. The van der Waals surface area contributed by atoms with Gasteiger partial charge in [-0.25, -0.2) is 0 Å². The molecular formula is C11H11Br2N5O2. The number of nitrogens with one attached hydrogen (secondary N) is 1. The Morgan fingerprint density at radius 2 is 2.25 bits per heavy atom. The summed E-state index contributed by atoms with van der Waals surface area (Å²) >= 11 is 6.85. The number of aliphatic imine (C=N–C) groups is 1. The number of aromatic nitrogens is 1. The second-order valence-corrected chi connectivity index (χ2v) is 6.79. The second-order valence-electron chi connectivity index (χ2n) is 5.18. The third-order valence-electron chi connectivity index (χ3n) is 4.14. The van der Waals surface area contributed by atoms with E-state index in [2.05, 4.69) is 42.2 Å². The Bertz CT molecular complexity index is 687. The topological polar surface area (TPSA) is 95.9 Å². The quantitative estimate of drug-likeness (QED) is 0.586. The van der Waals surface area contributed by atoms with E-state index in [1.807, 2.05) is 0 Å². The van der Waals surface area contributed by atoms with Crippen molar-refractivity contribution in [1.29, 1.82) is 0 Å². The van der Waals surface area contributed by atoms with Crippen molar-refractivity contribution in [3.8, 4) is 0 Å². The molecule has 0 unspecified atom stereocenters. The van der Waals surface area contributed by atoms with E-state index in [4.69, 9.17) is 5.73 Å². The molecule has 20 heavy (non-hydrogen) atoms. The van der Waals surface area contributed by atoms with Crippen LogP contribution in [0.5, 0.6) is 0 Å². The van der Waals surface area contributed by atoms with Crippen molar-refractivity contribution < 1.29 is 9.90 Å². The van der Waals surface area contributed by atoms with Crippen LogP contribution in [0.2, 0.25) is 0 Å². The number of guanidine groups is 1. The van der Waals surface area contributed by atoms with Crippen LogP contribution >= 0.6 is 31.9 Å². The smallest absolute Gasteiger partial charge is 0.274 e. The maximum atomic E-state index is 12.6. The zero-order valence-corrected chi connectivity index (χ0v) is 13.4. The van der Waals surface area contributed by atoms with Crippen LogP contribution < -0.4 is 11.1 Å². The van der Waals surface area contributed by atoms with E-state index in [0.717, 1.165) is 4.47 Å². The number of nitrogens with two attached hydrogens (primary N) is 1. The lowest BCUT2D eigenvalue weighted by molar-refractivity contribution is -0.157. The van der Waals surface area contributed by atoms with Crippen LogP contribution in [-0.4, -0.2) is 38.7 Å². The molecule has 7 nitrogen and oxygen atoms in total. The average molecular weight is 405 g/mol. The lowest BCUT2D eigenvalue weighted by atomic mass is 9.94. The van der Waals surface area contributed by atoms with Crippen LogP contribution in [0.25, 0.3) is 0 Å². The molecule has 0 bridgehead atoms. The summed E-state index contributed by atoms with van der Waals surface area (Å²) in [4.78, 5) is 18.6. The zero-order valence-electron chi connectivity index (χ0n) is 10.2. The molecule has 3 aliphatic heterocycles. The molecule has 1 aromatic heterocycles. The normalized spacial score (nSPS) is 34.5. The highest BCUT2D eigenvalue weighted by atomic mass is 79.9. The predicted octanol–water partition coefficient (Wildman–Crippen LogP) is 0.479. The van der Waals surface area contributed by atoms with Gasteiger partial charge in [0.15, 0.2) is 5.96 Å². The van der Waals surface area contributed by atoms with Crippen LogP contribution in [-0.2, 0) is 5.79 Å². The first kappa shape index (κ1) is 12.7. The molecule has 0 aromatic carbocycles. The monoisotopic (exact) mass is 403 g/mol. The van der Waals surface area contributed by atoms with Gasteiger partial charge in [-0.3, -0.25) is 14.3 Å². The molecule has 1 saturated heterocycles. The summed E-state index contributed by atoms with van der Waals surface area (Å²) in [6.07, 6.45) is 1.14. The fourth-order valence-corrected chi connectivity index (χ4v) is 4.35. The Hall–Kier alpha value is -1.06. The van der Waals surface area contributed by atoms with Gasteiger partial charge in [-0.05, 0) is 44.3 Å². The lowest BCUT2D eigenvalue weighted by Gasteiger charge is -2.47.